The van der Waals surface area contributed by atoms with Gasteiger partial charge in [0.2, 0.25) is 0 Å². The van der Waals surface area contributed by atoms with Gasteiger partial charge in [0, 0.05) is 51.3 Å². The number of nitrogens with zero attached hydrogens (tertiary/aromatic N) is 5. The van der Waals surface area contributed by atoms with E-state index >= 15 is 0 Å². The average molecular weight is 326 g/mol. The predicted octanol–water partition coefficient (Wildman–Crippen LogP) is 2.18. The van der Waals surface area contributed by atoms with Gasteiger partial charge in [-0.2, -0.15) is 0 Å². The summed E-state index contributed by atoms with van der Waals surface area (Å²) in [7, 11) is 1.73. The highest BCUT2D eigenvalue weighted by Crippen LogP contribution is 2.31. The van der Waals surface area contributed by atoms with E-state index in [1.54, 1.807) is 13.4 Å². The summed E-state index contributed by atoms with van der Waals surface area (Å²) >= 11 is 0. The number of fused-ring (bicyclic) bond motifs is 1. The first-order valence-corrected chi connectivity index (χ1v) is 8.40. The molecule has 1 atom stereocenters. The van der Waals surface area contributed by atoms with Gasteiger partial charge in [-0.3, -0.25) is 0 Å². The van der Waals surface area contributed by atoms with E-state index in [-0.39, 0.29) is 0 Å². The lowest BCUT2D eigenvalue weighted by Gasteiger charge is -2.33. The molecule has 1 aliphatic heterocycles. The Labute approximate surface area is 140 Å². The Kier molecular flexibility index (Phi) is 4.17. The Morgan fingerprint density at radius 3 is 3.21 bits per heavy atom. The van der Waals surface area contributed by atoms with Gasteiger partial charge in [-0.25, -0.2) is 15.0 Å². The number of H-pyrrole nitrogens is 1. The lowest BCUT2D eigenvalue weighted by atomic mass is 9.97. The van der Waals surface area contributed by atoms with Gasteiger partial charge in [-0.05, 0) is 18.9 Å². The van der Waals surface area contributed by atoms with Crippen LogP contribution in [0.1, 0.15) is 24.6 Å². The second-order valence-electron chi connectivity index (χ2n) is 6.19. The molecule has 0 saturated carbocycles. The maximum atomic E-state index is 5.21. The molecule has 1 N–H and O–H groups in total. The average Bonchev–Trinajstić information content (AvgIpc) is 3.28. The molecule has 1 aliphatic rings. The SMILES string of the molecule is COCCn1ccnc1[C@@H]1CCCN(c2ncnc3[nH]ccc23)C1. The number of imidazole rings is 1. The minimum absolute atomic E-state index is 0.412. The summed E-state index contributed by atoms with van der Waals surface area (Å²) in [5.74, 6) is 2.58. The van der Waals surface area contributed by atoms with Crippen LogP contribution in [0, 0.1) is 0 Å². The topological polar surface area (TPSA) is 71.9 Å². The van der Waals surface area contributed by atoms with Gasteiger partial charge in [-0.1, -0.05) is 0 Å². The minimum atomic E-state index is 0.412. The molecule has 7 heteroatoms. The van der Waals surface area contributed by atoms with Gasteiger partial charge >= 0.3 is 0 Å². The number of piperidine rings is 1. The van der Waals surface area contributed by atoms with Crippen molar-refractivity contribution >= 4 is 16.9 Å². The van der Waals surface area contributed by atoms with E-state index in [1.807, 2.05) is 24.7 Å². The van der Waals surface area contributed by atoms with Crippen molar-refractivity contribution in [1.29, 1.82) is 0 Å². The highest BCUT2D eigenvalue weighted by atomic mass is 16.5. The highest BCUT2D eigenvalue weighted by Gasteiger charge is 2.26. The Morgan fingerprint density at radius 2 is 2.29 bits per heavy atom. The van der Waals surface area contributed by atoms with Crippen LogP contribution in [-0.4, -0.2) is 51.3 Å². The number of methoxy groups -OCH3 is 1. The smallest absolute Gasteiger partial charge is 0.142 e. The number of anilines is 1. The fraction of sp³-hybridized carbons (Fsp3) is 0.471. The maximum absolute atomic E-state index is 5.21. The zero-order valence-corrected chi connectivity index (χ0v) is 13.9. The predicted molar refractivity (Wildman–Crippen MR) is 92.2 cm³/mol. The molecule has 3 aromatic heterocycles. The van der Waals surface area contributed by atoms with Gasteiger partial charge in [0.25, 0.3) is 0 Å². The molecule has 0 aliphatic carbocycles. The number of aromatic nitrogens is 5. The molecule has 4 rings (SSSR count). The number of hydrogen-bond acceptors (Lipinski definition) is 5. The summed E-state index contributed by atoms with van der Waals surface area (Å²) in [5, 5.41) is 1.08. The van der Waals surface area contributed by atoms with Crippen LogP contribution in [0.15, 0.2) is 31.0 Å². The molecule has 7 nitrogen and oxygen atoms in total. The molecule has 0 radical (unpaired) electrons. The van der Waals surface area contributed by atoms with Gasteiger partial charge in [0.15, 0.2) is 0 Å². The Bertz CT molecular complexity index is 810. The van der Waals surface area contributed by atoms with E-state index in [9.17, 15) is 0 Å². The van der Waals surface area contributed by atoms with Crippen molar-refractivity contribution in [1.82, 2.24) is 24.5 Å². The lowest BCUT2D eigenvalue weighted by molar-refractivity contribution is 0.185. The van der Waals surface area contributed by atoms with Gasteiger partial charge < -0.3 is 19.2 Å². The molecule has 1 saturated heterocycles. The normalized spacial score (nSPS) is 18.4. The number of aromatic amines is 1. The first kappa shape index (κ1) is 15.1. The van der Waals surface area contributed by atoms with E-state index in [0.29, 0.717) is 12.5 Å². The van der Waals surface area contributed by atoms with Crippen LogP contribution in [-0.2, 0) is 11.3 Å². The molecule has 24 heavy (non-hydrogen) atoms. The van der Waals surface area contributed by atoms with Gasteiger partial charge in [0.1, 0.15) is 23.6 Å². The number of nitrogens with one attached hydrogen (secondary N) is 1. The van der Waals surface area contributed by atoms with Crippen LogP contribution in [0.3, 0.4) is 0 Å². The summed E-state index contributed by atoms with van der Waals surface area (Å²) in [6.07, 6.45) is 9.78. The number of ether oxygens (including phenoxy) is 1. The van der Waals surface area contributed by atoms with Crippen LogP contribution < -0.4 is 4.90 Å². The van der Waals surface area contributed by atoms with E-state index in [0.717, 1.165) is 55.2 Å². The summed E-state index contributed by atoms with van der Waals surface area (Å²) in [4.78, 5) is 19.0. The minimum Gasteiger partial charge on any atom is -0.383 e. The molecule has 0 unspecified atom stereocenters. The number of hydrogen-bond donors (Lipinski definition) is 1. The third-order valence-corrected chi connectivity index (χ3v) is 4.70. The zero-order valence-electron chi connectivity index (χ0n) is 13.9. The van der Waals surface area contributed by atoms with Crippen LogP contribution >= 0.6 is 0 Å². The van der Waals surface area contributed by atoms with Crippen LogP contribution in [0.2, 0.25) is 0 Å². The van der Waals surface area contributed by atoms with Gasteiger partial charge in [0.05, 0.1) is 12.0 Å². The van der Waals surface area contributed by atoms with Crippen molar-refractivity contribution in [3.63, 3.8) is 0 Å². The van der Waals surface area contributed by atoms with Crippen molar-refractivity contribution in [2.75, 3.05) is 31.7 Å². The van der Waals surface area contributed by atoms with Crippen LogP contribution in [0.4, 0.5) is 5.82 Å². The molecule has 0 aromatic carbocycles. The van der Waals surface area contributed by atoms with Crippen molar-refractivity contribution in [2.24, 2.45) is 0 Å². The van der Waals surface area contributed by atoms with E-state index in [4.69, 9.17) is 4.74 Å². The second-order valence-corrected chi connectivity index (χ2v) is 6.19. The molecule has 0 bridgehead atoms. The van der Waals surface area contributed by atoms with Crippen LogP contribution in [0.5, 0.6) is 0 Å². The molecule has 0 amide bonds. The Morgan fingerprint density at radius 1 is 1.33 bits per heavy atom. The third kappa shape index (κ3) is 2.75. The Balaban J connectivity index is 1.58. The maximum Gasteiger partial charge on any atom is 0.142 e. The summed E-state index contributed by atoms with van der Waals surface area (Å²) < 4.78 is 7.42. The standard InChI is InChI=1S/C17H22N6O/c1-24-10-9-22-8-6-19-16(22)13-3-2-7-23(11-13)17-14-4-5-18-15(14)20-12-21-17/h4-6,8,12-13H,2-3,7,9-11H2,1H3,(H,18,20,21)/t13-/m1/s1. The van der Waals surface area contributed by atoms with Crippen molar-refractivity contribution in [2.45, 2.75) is 25.3 Å². The largest absolute Gasteiger partial charge is 0.383 e. The third-order valence-electron chi connectivity index (χ3n) is 4.70. The van der Waals surface area contributed by atoms with E-state index < -0.39 is 0 Å². The zero-order chi connectivity index (χ0) is 16.4. The van der Waals surface area contributed by atoms with Crippen molar-refractivity contribution < 1.29 is 4.74 Å². The van der Waals surface area contributed by atoms with Gasteiger partial charge in [-0.15, -0.1) is 0 Å². The van der Waals surface area contributed by atoms with E-state index in [1.165, 1.54) is 0 Å². The monoisotopic (exact) mass is 326 g/mol. The van der Waals surface area contributed by atoms with Crippen LogP contribution in [0.25, 0.3) is 11.0 Å². The first-order chi connectivity index (χ1) is 11.9. The molecule has 4 heterocycles. The molecule has 0 spiro atoms. The first-order valence-electron chi connectivity index (χ1n) is 8.40. The molecular weight excluding hydrogens is 304 g/mol. The summed E-state index contributed by atoms with van der Waals surface area (Å²) in [6, 6.07) is 2.05. The molecule has 1 fully saturated rings. The Hall–Kier alpha value is -2.41. The summed E-state index contributed by atoms with van der Waals surface area (Å²) in [5.41, 5.74) is 0.892. The fourth-order valence-electron chi connectivity index (χ4n) is 3.55. The molecular formula is C17H22N6O. The van der Waals surface area contributed by atoms with Crippen molar-refractivity contribution in [3.8, 4) is 0 Å². The fourth-order valence-corrected chi connectivity index (χ4v) is 3.55. The van der Waals surface area contributed by atoms with E-state index in [2.05, 4.69) is 29.4 Å². The second kappa shape index (κ2) is 6.60. The number of rotatable bonds is 5. The lowest BCUT2D eigenvalue weighted by Crippen LogP contribution is -2.36. The van der Waals surface area contributed by atoms with Crippen molar-refractivity contribution in [3.05, 3.63) is 36.8 Å². The molecule has 126 valence electrons. The highest BCUT2D eigenvalue weighted by molar-refractivity contribution is 5.87. The quantitative estimate of drug-likeness (QED) is 0.778. The molecule has 3 aromatic rings. The summed E-state index contributed by atoms with van der Waals surface area (Å²) in [6.45, 7) is 3.50.